The van der Waals surface area contributed by atoms with Crippen LogP contribution in [0, 0.1) is 5.92 Å². The van der Waals surface area contributed by atoms with E-state index in [2.05, 4.69) is 10.3 Å². The molecule has 4 rings (SSSR count). The highest BCUT2D eigenvalue weighted by atomic mass is 16.5. The molecule has 0 aliphatic carbocycles. The number of amides is 1. The molecule has 2 heterocycles. The Bertz CT molecular complexity index is 915. The summed E-state index contributed by atoms with van der Waals surface area (Å²) in [6.07, 6.45) is 3.07. The van der Waals surface area contributed by atoms with E-state index in [1.165, 1.54) is 0 Å². The highest BCUT2D eigenvalue weighted by molar-refractivity contribution is 5.93. The van der Waals surface area contributed by atoms with Gasteiger partial charge in [-0.05, 0) is 36.6 Å². The second-order valence-electron chi connectivity index (χ2n) is 6.74. The first-order valence-electron chi connectivity index (χ1n) is 9.46. The summed E-state index contributed by atoms with van der Waals surface area (Å²) in [4.78, 5) is 17.2. The van der Waals surface area contributed by atoms with Crippen molar-refractivity contribution < 1.29 is 14.3 Å². The number of para-hydroxylation sites is 1. The maximum Gasteiger partial charge on any atom is 0.230 e. The van der Waals surface area contributed by atoms with Gasteiger partial charge in [-0.1, -0.05) is 48.5 Å². The number of nitrogens with one attached hydrogen (secondary N) is 1. The van der Waals surface area contributed by atoms with Gasteiger partial charge in [0.1, 0.15) is 5.75 Å². The molecule has 1 aromatic heterocycles. The molecule has 3 aromatic rings. The molecule has 2 atom stereocenters. The molecule has 1 aliphatic heterocycles. The summed E-state index contributed by atoms with van der Waals surface area (Å²) >= 11 is 0. The first-order chi connectivity index (χ1) is 13.8. The van der Waals surface area contributed by atoms with E-state index in [4.69, 9.17) is 9.47 Å². The molecule has 142 valence electrons. The maximum absolute atomic E-state index is 13.0. The number of aromatic nitrogens is 1. The van der Waals surface area contributed by atoms with Gasteiger partial charge in [0.15, 0.2) is 0 Å². The van der Waals surface area contributed by atoms with Gasteiger partial charge in [-0.3, -0.25) is 4.79 Å². The van der Waals surface area contributed by atoms with Crippen molar-refractivity contribution in [1.82, 2.24) is 4.98 Å². The van der Waals surface area contributed by atoms with E-state index in [-0.39, 0.29) is 17.9 Å². The second-order valence-corrected chi connectivity index (χ2v) is 6.74. The van der Waals surface area contributed by atoms with Crippen LogP contribution in [0.1, 0.15) is 24.5 Å². The third kappa shape index (κ3) is 4.38. The Morgan fingerprint density at radius 3 is 2.57 bits per heavy atom. The van der Waals surface area contributed by atoms with Gasteiger partial charge >= 0.3 is 0 Å². The van der Waals surface area contributed by atoms with E-state index in [0.29, 0.717) is 23.9 Å². The summed E-state index contributed by atoms with van der Waals surface area (Å²) < 4.78 is 11.7. The first kappa shape index (κ1) is 18.2. The van der Waals surface area contributed by atoms with Crippen LogP contribution in [0.5, 0.6) is 11.6 Å². The largest absolute Gasteiger partial charge is 0.439 e. The van der Waals surface area contributed by atoms with Crippen molar-refractivity contribution in [2.75, 3.05) is 11.9 Å². The predicted molar refractivity (Wildman–Crippen MR) is 107 cm³/mol. The Labute approximate surface area is 164 Å². The number of benzene rings is 2. The van der Waals surface area contributed by atoms with Crippen LogP contribution < -0.4 is 10.1 Å². The highest BCUT2D eigenvalue weighted by Gasteiger charge is 2.33. The molecular weight excluding hydrogens is 352 g/mol. The van der Waals surface area contributed by atoms with Crippen molar-refractivity contribution in [2.45, 2.75) is 18.9 Å². The fraction of sp³-hybridized carbons (Fsp3) is 0.217. The lowest BCUT2D eigenvalue weighted by atomic mass is 9.88. The molecule has 0 spiro atoms. The number of rotatable bonds is 5. The molecule has 2 aromatic carbocycles. The van der Waals surface area contributed by atoms with Gasteiger partial charge in [-0.15, -0.1) is 0 Å². The molecule has 0 unspecified atom stereocenters. The first-order valence-corrected chi connectivity index (χ1v) is 9.46. The lowest BCUT2D eigenvalue weighted by molar-refractivity contribution is -0.129. The van der Waals surface area contributed by atoms with E-state index in [9.17, 15) is 4.79 Å². The second kappa shape index (κ2) is 8.67. The number of ether oxygens (including phenoxy) is 2. The van der Waals surface area contributed by atoms with Crippen molar-refractivity contribution >= 4 is 11.6 Å². The molecule has 28 heavy (non-hydrogen) atoms. The molecule has 1 aliphatic rings. The minimum absolute atomic E-state index is 0.0505. The van der Waals surface area contributed by atoms with E-state index in [0.717, 1.165) is 18.4 Å². The number of hydrogen-bond donors (Lipinski definition) is 1. The van der Waals surface area contributed by atoms with Crippen LogP contribution in [0.3, 0.4) is 0 Å². The predicted octanol–water partition coefficient (Wildman–Crippen LogP) is 4.98. The Morgan fingerprint density at radius 2 is 1.79 bits per heavy atom. The minimum Gasteiger partial charge on any atom is -0.439 e. The summed E-state index contributed by atoms with van der Waals surface area (Å²) in [6.45, 7) is 0.674. The van der Waals surface area contributed by atoms with E-state index in [1.54, 1.807) is 18.3 Å². The number of hydrogen-bond acceptors (Lipinski definition) is 4. The zero-order chi connectivity index (χ0) is 19.2. The quantitative estimate of drug-likeness (QED) is 0.684. The molecule has 1 amide bonds. The average molecular weight is 374 g/mol. The number of anilines is 1. The van der Waals surface area contributed by atoms with Crippen LogP contribution in [-0.2, 0) is 9.53 Å². The maximum atomic E-state index is 13.0. The van der Waals surface area contributed by atoms with Gasteiger partial charge in [0.2, 0.25) is 11.8 Å². The Morgan fingerprint density at radius 1 is 1.04 bits per heavy atom. The van der Waals surface area contributed by atoms with E-state index in [1.807, 2.05) is 60.7 Å². The Kier molecular flexibility index (Phi) is 5.64. The molecular formula is C23H22N2O3. The summed E-state index contributed by atoms with van der Waals surface area (Å²) in [6, 6.07) is 22.8. The van der Waals surface area contributed by atoms with Gasteiger partial charge in [0.05, 0.1) is 12.0 Å². The van der Waals surface area contributed by atoms with Crippen molar-refractivity contribution in [1.29, 1.82) is 0 Å². The molecule has 0 saturated carbocycles. The average Bonchev–Trinajstić information content (AvgIpc) is 2.75. The molecule has 0 bridgehead atoms. The van der Waals surface area contributed by atoms with Crippen LogP contribution in [0.15, 0.2) is 79.0 Å². The number of carbonyl (C=O) groups excluding carboxylic acids is 1. The Balaban J connectivity index is 1.47. The topological polar surface area (TPSA) is 60.5 Å². The summed E-state index contributed by atoms with van der Waals surface area (Å²) in [5, 5.41) is 3.00. The van der Waals surface area contributed by atoms with Gasteiger partial charge in [0, 0.05) is 24.6 Å². The van der Waals surface area contributed by atoms with Crippen LogP contribution >= 0.6 is 0 Å². The van der Waals surface area contributed by atoms with Crippen molar-refractivity contribution in [3.8, 4) is 11.6 Å². The summed E-state index contributed by atoms with van der Waals surface area (Å²) in [5.74, 6) is 0.847. The number of nitrogens with zero attached hydrogens (tertiary/aromatic N) is 1. The van der Waals surface area contributed by atoms with E-state index < -0.39 is 0 Å². The van der Waals surface area contributed by atoms with Crippen LogP contribution in [0.2, 0.25) is 0 Å². The fourth-order valence-corrected chi connectivity index (χ4v) is 3.41. The smallest absolute Gasteiger partial charge is 0.230 e. The van der Waals surface area contributed by atoms with Gasteiger partial charge in [-0.2, -0.15) is 0 Å². The lowest BCUT2D eigenvalue weighted by Gasteiger charge is -2.31. The van der Waals surface area contributed by atoms with E-state index >= 15 is 0 Å². The SMILES string of the molecule is O=C(Nc1ccnc(Oc2ccccc2)c1)[C@H]1CCCO[C@@H]1c1ccccc1. The summed E-state index contributed by atoms with van der Waals surface area (Å²) in [5.41, 5.74) is 1.69. The van der Waals surface area contributed by atoms with Gasteiger partial charge < -0.3 is 14.8 Å². The standard InChI is InChI=1S/C23H22N2O3/c26-23(20-12-7-15-27-22(20)17-8-3-1-4-9-17)25-18-13-14-24-21(16-18)28-19-10-5-2-6-11-19/h1-6,8-11,13-14,16,20,22H,7,12,15H2,(H,24,25,26)/t20-,22+/m0/s1. The lowest BCUT2D eigenvalue weighted by Crippen LogP contribution is -2.33. The van der Waals surface area contributed by atoms with Crippen LogP contribution in [0.4, 0.5) is 5.69 Å². The van der Waals surface area contributed by atoms with Crippen molar-refractivity contribution in [3.63, 3.8) is 0 Å². The summed E-state index contributed by atoms with van der Waals surface area (Å²) in [7, 11) is 0. The highest BCUT2D eigenvalue weighted by Crippen LogP contribution is 2.34. The Hall–Kier alpha value is -3.18. The van der Waals surface area contributed by atoms with Crippen LogP contribution in [-0.4, -0.2) is 17.5 Å². The molecule has 5 nitrogen and oxygen atoms in total. The van der Waals surface area contributed by atoms with Gasteiger partial charge in [-0.25, -0.2) is 4.98 Å². The number of carbonyl (C=O) groups is 1. The third-order valence-electron chi connectivity index (χ3n) is 4.76. The number of pyridine rings is 1. The molecule has 1 N–H and O–H groups in total. The molecule has 1 fully saturated rings. The zero-order valence-corrected chi connectivity index (χ0v) is 15.5. The minimum atomic E-state index is -0.234. The van der Waals surface area contributed by atoms with Crippen LogP contribution in [0.25, 0.3) is 0 Å². The van der Waals surface area contributed by atoms with Crippen molar-refractivity contribution in [3.05, 3.63) is 84.6 Å². The molecule has 5 heteroatoms. The normalized spacial score (nSPS) is 19.0. The molecule has 0 radical (unpaired) electrons. The zero-order valence-electron chi connectivity index (χ0n) is 15.5. The third-order valence-corrected chi connectivity index (χ3v) is 4.76. The fourth-order valence-electron chi connectivity index (χ4n) is 3.41. The monoisotopic (exact) mass is 374 g/mol. The van der Waals surface area contributed by atoms with Crippen molar-refractivity contribution in [2.24, 2.45) is 5.92 Å². The molecule has 1 saturated heterocycles. The van der Waals surface area contributed by atoms with Gasteiger partial charge in [0.25, 0.3) is 0 Å².